The number of aryl methyl sites for hydroxylation is 1. The predicted octanol–water partition coefficient (Wildman–Crippen LogP) is 5.18. The molecule has 0 aromatic heterocycles. The standard InChI is InChI=1S/C65H100F5N11O11/c1-14-40(6)56-62(91)77(10)36-53(84)75(8)37-54(85)79(12)50(34-42-21-16-15-17-22-42)61(90)76(9)35-51(82)72-46(25-24-43-32-44(66)55(45(67)33-43)65(68,69)70)60(89)81-28-20-23-47(81)59(88)74-64(26-18-19-27-64)63(92)80(13)49(30-39(4)5)57(86)71-41(7)31-52(83)78(11)48(29-38(2)3)58(87)73-56/h32-33,38-42,46-50,56H,14-31,34-37H2,1-13H3,(H,71,86)(H,72,82)(H,73,87)(H,74,88)/t40-,41?,46-,47-,48-,49-,50-,56-/m0/s1. The van der Waals surface area contributed by atoms with Gasteiger partial charge in [-0.15, -0.1) is 0 Å². The van der Waals surface area contributed by atoms with Gasteiger partial charge < -0.3 is 55.6 Å². The van der Waals surface area contributed by atoms with Crippen molar-refractivity contribution >= 4 is 65.0 Å². The van der Waals surface area contributed by atoms with Crippen LogP contribution in [0.5, 0.6) is 0 Å². The summed E-state index contributed by atoms with van der Waals surface area (Å²) in [6, 6.07) is -7.24. The Bertz CT molecular complexity index is 2810. The Hall–Kier alpha value is -6.96. The molecular formula is C65H100F5N11O11. The van der Waals surface area contributed by atoms with Gasteiger partial charge in [-0.25, -0.2) is 8.78 Å². The van der Waals surface area contributed by atoms with E-state index in [0.29, 0.717) is 31.4 Å². The number of hydrogen-bond acceptors (Lipinski definition) is 11. The van der Waals surface area contributed by atoms with Crippen LogP contribution in [0.15, 0.2) is 12.1 Å². The zero-order valence-electron chi connectivity index (χ0n) is 56.1. The highest BCUT2D eigenvalue weighted by molar-refractivity contribution is 5.99. The SMILES string of the molecule is CC[C@H](C)[C@@H]1NC(=O)[C@H](CC(C)C)N(C)C(=O)CC(C)NC(=O)[C@H](CC(C)C)N(C)C(=O)C2(CCCC2)NC(=O)[C@@H]2CCCN2C(=O)[C@H](CCc2cc(F)c(C(F)(F)F)c(F)c2)NC(=O)CN(C)C(=O)[C@H](CC2CCCCC2)N(C)C(=O)CN(C)C(=O)CN(C)C1=O. The van der Waals surface area contributed by atoms with Gasteiger partial charge in [-0.05, 0) is 106 Å². The van der Waals surface area contributed by atoms with Gasteiger partial charge in [0.05, 0.1) is 19.6 Å². The Morgan fingerprint density at radius 1 is 0.598 bits per heavy atom. The third-order valence-electron chi connectivity index (χ3n) is 18.8. The zero-order valence-corrected chi connectivity index (χ0v) is 56.1. The van der Waals surface area contributed by atoms with E-state index in [4.69, 9.17) is 0 Å². The van der Waals surface area contributed by atoms with Crippen molar-refractivity contribution in [2.75, 3.05) is 68.5 Å². The molecule has 1 aromatic carbocycles. The molecule has 2 aliphatic carbocycles. The van der Waals surface area contributed by atoms with E-state index in [1.807, 2.05) is 34.6 Å². The molecule has 11 amide bonds. The minimum Gasteiger partial charge on any atom is -0.351 e. The Balaban J connectivity index is 1.56. The first kappa shape index (κ1) is 75.8. The number of hydrogen-bond donors (Lipinski definition) is 4. The Labute approximate surface area is 538 Å². The van der Waals surface area contributed by atoms with Crippen LogP contribution < -0.4 is 21.3 Å². The van der Waals surface area contributed by atoms with Crippen molar-refractivity contribution < 1.29 is 74.7 Å². The molecule has 4 aliphatic rings. The molecule has 22 nitrogen and oxygen atoms in total. The molecule has 2 saturated heterocycles. The first-order valence-corrected chi connectivity index (χ1v) is 32.6. The van der Waals surface area contributed by atoms with E-state index in [1.54, 1.807) is 13.8 Å². The normalized spacial score (nSPS) is 26.0. The van der Waals surface area contributed by atoms with Crippen molar-refractivity contribution in [1.82, 2.24) is 55.6 Å². The minimum atomic E-state index is -5.37. The van der Waals surface area contributed by atoms with Gasteiger partial charge in [0.15, 0.2) is 0 Å². The molecule has 1 aromatic rings. The molecule has 1 unspecified atom stereocenters. The summed E-state index contributed by atoms with van der Waals surface area (Å²) in [4.78, 5) is 168. The van der Waals surface area contributed by atoms with Crippen LogP contribution in [0.2, 0.25) is 0 Å². The summed E-state index contributed by atoms with van der Waals surface area (Å²) in [6.45, 7) is 10.8. The van der Waals surface area contributed by atoms with Crippen LogP contribution in [0, 0.1) is 35.3 Å². The van der Waals surface area contributed by atoms with Gasteiger partial charge in [0.2, 0.25) is 65.0 Å². The molecule has 4 N–H and O–H groups in total. The van der Waals surface area contributed by atoms with E-state index in [2.05, 4.69) is 21.3 Å². The highest BCUT2D eigenvalue weighted by Crippen LogP contribution is 2.36. The maximum atomic E-state index is 15.0. The maximum absolute atomic E-state index is 15.0. The average Bonchev–Trinajstić information content (AvgIpc) is 1.49. The Morgan fingerprint density at radius 3 is 1.71 bits per heavy atom. The smallest absolute Gasteiger partial charge is 0.351 e. The molecular weight excluding hydrogens is 1210 g/mol. The third kappa shape index (κ3) is 19.8. The van der Waals surface area contributed by atoms with E-state index >= 15 is 4.79 Å². The number of rotatable bonds is 11. The molecule has 5 rings (SSSR count). The quantitative estimate of drug-likeness (QED) is 0.210. The lowest BCUT2D eigenvalue weighted by Gasteiger charge is -2.39. The number of alkyl halides is 3. The maximum Gasteiger partial charge on any atom is 0.422 e. The van der Waals surface area contributed by atoms with E-state index in [-0.39, 0.29) is 81.2 Å². The molecule has 2 heterocycles. The second kappa shape index (κ2) is 33.2. The molecule has 92 heavy (non-hydrogen) atoms. The molecule has 27 heteroatoms. The van der Waals surface area contributed by atoms with Crippen LogP contribution in [0.1, 0.15) is 169 Å². The largest absolute Gasteiger partial charge is 0.422 e. The zero-order chi connectivity index (χ0) is 68.9. The van der Waals surface area contributed by atoms with Gasteiger partial charge in [-0.3, -0.25) is 52.7 Å². The lowest BCUT2D eigenvalue weighted by Crippen LogP contribution is -2.64. The molecule has 0 radical (unpaired) electrons. The minimum absolute atomic E-state index is 0.0115. The summed E-state index contributed by atoms with van der Waals surface area (Å²) >= 11 is 0. The fourth-order valence-electron chi connectivity index (χ4n) is 13.1. The van der Waals surface area contributed by atoms with Gasteiger partial charge in [0.25, 0.3) is 0 Å². The van der Waals surface area contributed by atoms with Crippen molar-refractivity contribution in [2.24, 2.45) is 23.7 Å². The Kier molecular flexibility index (Phi) is 27.4. The van der Waals surface area contributed by atoms with Crippen molar-refractivity contribution in [3.05, 3.63) is 34.9 Å². The first-order chi connectivity index (χ1) is 43.0. The molecule has 1 spiro atoms. The average molecular weight is 1310 g/mol. The molecule has 516 valence electrons. The van der Waals surface area contributed by atoms with E-state index in [1.165, 1.54) is 61.9 Å². The molecule has 0 bridgehead atoms. The Morgan fingerprint density at radius 2 is 1.14 bits per heavy atom. The third-order valence-corrected chi connectivity index (χ3v) is 18.8. The number of halogens is 5. The number of carbonyl (C=O) groups is 11. The first-order valence-electron chi connectivity index (χ1n) is 32.6. The van der Waals surface area contributed by atoms with Gasteiger partial charge >= 0.3 is 6.18 Å². The van der Waals surface area contributed by atoms with E-state index < -0.39 is 175 Å². The predicted molar refractivity (Wildman–Crippen MR) is 332 cm³/mol. The number of benzene rings is 1. The lowest BCUT2D eigenvalue weighted by molar-refractivity contribution is -0.149. The van der Waals surface area contributed by atoms with Crippen LogP contribution in [-0.2, 0) is 65.3 Å². The number of fused-ring (bicyclic) bond motifs is 1. The van der Waals surface area contributed by atoms with Gasteiger partial charge in [0.1, 0.15) is 59.0 Å². The number of amides is 11. The van der Waals surface area contributed by atoms with Gasteiger partial charge in [0, 0.05) is 61.3 Å². The molecule has 4 fully saturated rings. The number of nitrogens with zero attached hydrogens (tertiary/aromatic N) is 7. The summed E-state index contributed by atoms with van der Waals surface area (Å²) in [7, 11) is 8.36. The fraction of sp³-hybridized carbons (Fsp3) is 0.738. The summed E-state index contributed by atoms with van der Waals surface area (Å²) in [5.74, 6) is -12.0. The number of likely N-dealkylation sites (N-methyl/N-ethyl adjacent to an activating group) is 6. The van der Waals surface area contributed by atoms with Crippen molar-refractivity contribution in [2.45, 2.75) is 218 Å². The van der Waals surface area contributed by atoms with Crippen LogP contribution in [-0.4, -0.2) is 216 Å². The lowest BCUT2D eigenvalue weighted by atomic mass is 9.84. The van der Waals surface area contributed by atoms with Crippen molar-refractivity contribution in [1.29, 1.82) is 0 Å². The molecule has 2 saturated carbocycles. The highest BCUT2D eigenvalue weighted by Gasteiger charge is 2.49. The van der Waals surface area contributed by atoms with Crippen LogP contribution >= 0.6 is 0 Å². The van der Waals surface area contributed by atoms with Crippen LogP contribution in [0.3, 0.4) is 0 Å². The monoisotopic (exact) mass is 1310 g/mol. The van der Waals surface area contributed by atoms with Gasteiger partial charge in [-0.1, -0.05) is 92.9 Å². The van der Waals surface area contributed by atoms with Crippen molar-refractivity contribution in [3.8, 4) is 0 Å². The van der Waals surface area contributed by atoms with E-state index in [9.17, 15) is 69.9 Å². The number of nitrogens with one attached hydrogen (secondary N) is 4. The summed E-state index contributed by atoms with van der Waals surface area (Å²) in [6.07, 6.45) is 0.300. The second-order valence-corrected chi connectivity index (χ2v) is 27.2. The van der Waals surface area contributed by atoms with Crippen LogP contribution in [0.4, 0.5) is 22.0 Å². The van der Waals surface area contributed by atoms with Gasteiger partial charge in [-0.2, -0.15) is 13.2 Å². The summed E-state index contributed by atoms with van der Waals surface area (Å²) in [5.41, 5.74) is -3.96. The van der Waals surface area contributed by atoms with Crippen molar-refractivity contribution in [3.63, 3.8) is 0 Å². The molecule has 2 aliphatic heterocycles. The molecule has 8 atom stereocenters. The second-order valence-electron chi connectivity index (χ2n) is 27.2. The summed E-state index contributed by atoms with van der Waals surface area (Å²) in [5, 5.41) is 11.3. The van der Waals surface area contributed by atoms with Crippen LogP contribution in [0.25, 0.3) is 0 Å². The van der Waals surface area contributed by atoms with E-state index in [0.717, 1.165) is 46.8 Å². The highest BCUT2D eigenvalue weighted by atomic mass is 19.4. The summed E-state index contributed by atoms with van der Waals surface area (Å²) < 4.78 is 70.8. The number of carbonyl (C=O) groups excluding carboxylic acids is 11. The fourth-order valence-corrected chi connectivity index (χ4v) is 13.1. The topological polar surface area (TPSA) is 259 Å².